The normalized spacial score (nSPS) is 16.0. The van der Waals surface area contributed by atoms with Crippen molar-refractivity contribution in [2.24, 2.45) is 5.92 Å². The fraction of sp³-hybridized carbons (Fsp3) is 0.480. The average Bonchev–Trinajstić information content (AvgIpc) is 3.72. The first-order valence-electron chi connectivity index (χ1n) is 12.0. The number of nitrogens with zero attached hydrogens (tertiary/aromatic N) is 3. The van der Waals surface area contributed by atoms with E-state index in [1.165, 1.54) is 6.07 Å². The standard InChI is InChI=1S/C20H22ClN5O2.C5H10O2/c21-16-12-15(23-18(24-16)14-4-2-1-3-5-14)19(27)25-17(13-6-7-13)20(28)26-10-8-22-9-11-26;1-2-3-4-5(6)7/h1-5,12-13,17,22H,6-11H2,(H,25,27);2-4H2,1H3,(H,6,7). The average molecular weight is 502 g/mol. The van der Waals surface area contributed by atoms with Crippen LogP contribution in [0, 0.1) is 5.92 Å². The second-order valence-electron chi connectivity index (χ2n) is 8.63. The number of carbonyl (C=O) groups is 3. The number of amides is 2. The maximum atomic E-state index is 12.9. The Morgan fingerprint density at radius 1 is 1.17 bits per heavy atom. The van der Waals surface area contributed by atoms with Crippen molar-refractivity contribution in [3.05, 3.63) is 47.2 Å². The summed E-state index contributed by atoms with van der Waals surface area (Å²) in [5.41, 5.74) is 0.937. The van der Waals surface area contributed by atoms with E-state index in [1.807, 2.05) is 42.2 Å². The van der Waals surface area contributed by atoms with Crippen molar-refractivity contribution in [1.82, 2.24) is 25.5 Å². The van der Waals surface area contributed by atoms with Gasteiger partial charge in [-0.3, -0.25) is 14.4 Å². The SMILES string of the molecule is CCCCC(=O)O.O=C(NC(C(=O)N1CCNCC1)C1CC1)c1cc(Cl)nc(-c2ccccc2)n1. The quantitative estimate of drug-likeness (QED) is 0.475. The zero-order valence-corrected chi connectivity index (χ0v) is 20.6. The highest BCUT2D eigenvalue weighted by molar-refractivity contribution is 6.29. The van der Waals surface area contributed by atoms with E-state index < -0.39 is 17.9 Å². The van der Waals surface area contributed by atoms with Crippen LogP contribution < -0.4 is 10.6 Å². The predicted octanol–water partition coefficient (Wildman–Crippen LogP) is 3.00. The van der Waals surface area contributed by atoms with Crippen molar-refractivity contribution in [3.8, 4) is 11.4 Å². The molecule has 0 bridgehead atoms. The van der Waals surface area contributed by atoms with E-state index >= 15 is 0 Å². The zero-order valence-electron chi connectivity index (χ0n) is 19.9. The summed E-state index contributed by atoms with van der Waals surface area (Å²) in [6.07, 6.45) is 3.98. The number of hydrogen-bond acceptors (Lipinski definition) is 6. The number of rotatable bonds is 8. The largest absolute Gasteiger partial charge is 0.481 e. The number of carboxylic acid groups (broad SMARTS) is 1. The topological polar surface area (TPSA) is 125 Å². The molecule has 2 fully saturated rings. The molecule has 35 heavy (non-hydrogen) atoms. The number of carbonyl (C=O) groups excluding carboxylic acids is 2. The highest BCUT2D eigenvalue weighted by Gasteiger charge is 2.39. The number of aliphatic carboxylic acids is 1. The van der Waals surface area contributed by atoms with Crippen molar-refractivity contribution >= 4 is 29.4 Å². The number of carboxylic acids is 1. The van der Waals surface area contributed by atoms with Crippen LogP contribution in [0.1, 0.15) is 49.5 Å². The molecule has 1 aromatic heterocycles. The minimum atomic E-state index is -0.693. The second kappa shape index (κ2) is 13.2. The summed E-state index contributed by atoms with van der Waals surface area (Å²) in [6.45, 7) is 4.85. The van der Waals surface area contributed by atoms with Gasteiger partial charge in [0.25, 0.3) is 5.91 Å². The van der Waals surface area contributed by atoms with Crippen LogP contribution in [-0.4, -0.2) is 70.0 Å². The Balaban J connectivity index is 0.000000429. The van der Waals surface area contributed by atoms with Crippen LogP contribution >= 0.6 is 11.6 Å². The molecule has 1 aromatic carbocycles. The van der Waals surface area contributed by atoms with Crippen molar-refractivity contribution in [1.29, 1.82) is 0 Å². The van der Waals surface area contributed by atoms with Crippen LogP contribution in [0.3, 0.4) is 0 Å². The van der Waals surface area contributed by atoms with Gasteiger partial charge in [0.15, 0.2) is 5.82 Å². The number of unbranched alkanes of at least 4 members (excludes halogenated alkanes) is 1. The number of benzene rings is 1. The van der Waals surface area contributed by atoms with Gasteiger partial charge in [0, 0.05) is 44.2 Å². The Kier molecular flexibility index (Phi) is 9.98. The van der Waals surface area contributed by atoms with Gasteiger partial charge in [-0.2, -0.15) is 0 Å². The van der Waals surface area contributed by atoms with Crippen LogP contribution in [-0.2, 0) is 9.59 Å². The third kappa shape index (κ3) is 8.29. The first kappa shape index (κ1) is 26.6. The Morgan fingerprint density at radius 2 is 1.86 bits per heavy atom. The van der Waals surface area contributed by atoms with Crippen LogP contribution in [0.15, 0.2) is 36.4 Å². The molecular weight excluding hydrogens is 470 g/mol. The van der Waals surface area contributed by atoms with Gasteiger partial charge in [0.1, 0.15) is 16.9 Å². The number of nitrogens with one attached hydrogen (secondary N) is 2. The predicted molar refractivity (Wildman–Crippen MR) is 133 cm³/mol. The lowest BCUT2D eigenvalue weighted by atomic mass is 10.1. The van der Waals surface area contributed by atoms with Crippen molar-refractivity contribution in [2.75, 3.05) is 26.2 Å². The minimum Gasteiger partial charge on any atom is -0.481 e. The van der Waals surface area contributed by atoms with Crippen molar-refractivity contribution < 1.29 is 19.5 Å². The summed E-state index contributed by atoms with van der Waals surface area (Å²) < 4.78 is 0. The van der Waals surface area contributed by atoms with Gasteiger partial charge in [-0.25, -0.2) is 9.97 Å². The molecule has 2 amide bonds. The first-order chi connectivity index (χ1) is 16.9. The molecule has 0 radical (unpaired) electrons. The molecule has 1 aliphatic carbocycles. The second-order valence-corrected chi connectivity index (χ2v) is 9.01. The monoisotopic (exact) mass is 501 g/mol. The summed E-state index contributed by atoms with van der Waals surface area (Å²) in [7, 11) is 0. The summed E-state index contributed by atoms with van der Waals surface area (Å²) in [6, 6.07) is 10.3. The Labute approximate surface area is 210 Å². The smallest absolute Gasteiger partial charge is 0.303 e. The van der Waals surface area contributed by atoms with Gasteiger partial charge >= 0.3 is 5.97 Å². The number of piperazine rings is 1. The number of halogens is 1. The third-order valence-corrected chi connectivity index (χ3v) is 5.97. The molecule has 1 unspecified atom stereocenters. The van der Waals surface area contributed by atoms with E-state index in [0.29, 0.717) is 25.3 Å². The summed E-state index contributed by atoms with van der Waals surface area (Å²) in [5, 5.41) is 14.4. The van der Waals surface area contributed by atoms with Gasteiger partial charge in [0.2, 0.25) is 5.91 Å². The highest BCUT2D eigenvalue weighted by Crippen LogP contribution is 2.33. The molecule has 4 rings (SSSR count). The van der Waals surface area contributed by atoms with Gasteiger partial charge in [-0.05, 0) is 25.2 Å². The van der Waals surface area contributed by atoms with Gasteiger partial charge < -0.3 is 20.6 Å². The summed E-state index contributed by atoms with van der Waals surface area (Å²) in [5.74, 6) is -0.531. The van der Waals surface area contributed by atoms with E-state index in [1.54, 1.807) is 0 Å². The molecule has 1 atom stereocenters. The lowest BCUT2D eigenvalue weighted by Crippen LogP contribution is -2.54. The molecular formula is C25H32ClN5O4. The molecule has 0 spiro atoms. The third-order valence-electron chi connectivity index (χ3n) is 5.78. The number of hydrogen-bond donors (Lipinski definition) is 3. The van der Waals surface area contributed by atoms with E-state index in [-0.39, 0.29) is 22.7 Å². The molecule has 2 heterocycles. The Bertz CT molecular complexity index is 1010. The van der Waals surface area contributed by atoms with E-state index in [0.717, 1.165) is 44.3 Å². The molecule has 2 aromatic rings. The molecule has 1 saturated carbocycles. The summed E-state index contributed by atoms with van der Waals surface area (Å²) >= 11 is 6.13. The molecule has 3 N–H and O–H groups in total. The number of aromatic nitrogens is 2. The lowest BCUT2D eigenvalue weighted by molar-refractivity contribution is -0.137. The zero-order chi connectivity index (χ0) is 25.2. The fourth-order valence-corrected chi connectivity index (χ4v) is 3.87. The highest BCUT2D eigenvalue weighted by atomic mass is 35.5. The van der Waals surface area contributed by atoms with Crippen LogP contribution in [0.4, 0.5) is 0 Å². The van der Waals surface area contributed by atoms with Crippen LogP contribution in [0.25, 0.3) is 11.4 Å². The van der Waals surface area contributed by atoms with Gasteiger partial charge in [-0.1, -0.05) is 55.3 Å². The molecule has 188 valence electrons. The Morgan fingerprint density at radius 3 is 2.43 bits per heavy atom. The minimum absolute atomic E-state index is 0.0132. The molecule has 10 heteroatoms. The Hall–Kier alpha value is -3.04. The van der Waals surface area contributed by atoms with Crippen LogP contribution in [0.2, 0.25) is 5.15 Å². The fourth-order valence-electron chi connectivity index (χ4n) is 3.69. The van der Waals surface area contributed by atoms with Crippen molar-refractivity contribution in [2.45, 2.75) is 45.1 Å². The summed E-state index contributed by atoms with van der Waals surface area (Å²) in [4.78, 5) is 46.0. The van der Waals surface area contributed by atoms with Gasteiger partial charge in [-0.15, -0.1) is 0 Å². The molecule has 9 nitrogen and oxygen atoms in total. The molecule has 1 aliphatic heterocycles. The van der Waals surface area contributed by atoms with Crippen LogP contribution in [0.5, 0.6) is 0 Å². The van der Waals surface area contributed by atoms with E-state index in [4.69, 9.17) is 16.7 Å². The first-order valence-corrected chi connectivity index (χ1v) is 12.4. The maximum absolute atomic E-state index is 12.9. The van der Waals surface area contributed by atoms with E-state index in [2.05, 4.69) is 20.6 Å². The molecule has 1 saturated heterocycles. The van der Waals surface area contributed by atoms with Crippen molar-refractivity contribution in [3.63, 3.8) is 0 Å². The maximum Gasteiger partial charge on any atom is 0.303 e. The van der Waals surface area contributed by atoms with Gasteiger partial charge in [0.05, 0.1) is 0 Å². The molecule has 2 aliphatic rings. The van der Waals surface area contributed by atoms with E-state index in [9.17, 15) is 14.4 Å². The lowest BCUT2D eigenvalue weighted by Gasteiger charge is -2.31.